The molecule has 0 amide bonds. The molecular formula is C14H18ClNO2. The molecule has 1 N–H and O–H groups in total. The first-order valence-corrected chi connectivity index (χ1v) is 6.89. The molecule has 3 unspecified atom stereocenters. The second-order valence-electron chi connectivity index (χ2n) is 5.24. The average Bonchev–Trinajstić information content (AvgIpc) is 2.67. The van der Waals surface area contributed by atoms with Crippen molar-refractivity contribution in [1.82, 2.24) is 0 Å². The molecular weight excluding hydrogens is 250 g/mol. The fourth-order valence-electron chi connectivity index (χ4n) is 2.88. The SMILES string of the molecule is CC(O)c1ccc(N2CC3CCC(C2)O3)cc1Cl. The topological polar surface area (TPSA) is 32.7 Å². The van der Waals surface area contributed by atoms with Crippen molar-refractivity contribution in [3.63, 3.8) is 0 Å². The monoisotopic (exact) mass is 267 g/mol. The second-order valence-corrected chi connectivity index (χ2v) is 5.65. The van der Waals surface area contributed by atoms with Gasteiger partial charge in [0.25, 0.3) is 0 Å². The van der Waals surface area contributed by atoms with Crippen molar-refractivity contribution in [1.29, 1.82) is 0 Å². The predicted molar refractivity (Wildman–Crippen MR) is 72.2 cm³/mol. The molecule has 2 bridgehead atoms. The highest BCUT2D eigenvalue weighted by atomic mass is 35.5. The maximum absolute atomic E-state index is 9.58. The summed E-state index contributed by atoms with van der Waals surface area (Å²) < 4.78 is 5.83. The number of halogens is 1. The maximum atomic E-state index is 9.58. The van der Waals surface area contributed by atoms with E-state index in [1.165, 1.54) is 12.8 Å². The van der Waals surface area contributed by atoms with E-state index in [-0.39, 0.29) is 0 Å². The number of anilines is 1. The number of fused-ring (bicyclic) bond motifs is 2. The molecule has 0 aliphatic carbocycles. The van der Waals surface area contributed by atoms with E-state index in [9.17, 15) is 5.11 Å². The molecule has 1 aromatic rings. The fourth-order valence-corrected chi connectivity index (χ4v) is 3.21. The van der Waals surface area contributed by atoms with E-state index in [4.69, 9.17) is 16.3 Å². The number of benzene rings is 1. The number of nitrogens with zero attached hydrogens (tertiary/aromatic N) is 1. The largest absolute Gasteiger partial charge is 0.389 e. The van der Waals surface area contributed by atoms with Gasteiger partial charge in [0.15, 0.2) is 0 Å². The zero-order valence-electron chi connectivity index (χ0n) is 10.5. The Labute approximate surface area is 112 Å². The number of hydrogen-bond donors (Lipinski definition) is 1. The zero-order valence-corrected chi connectivity index (χ0v) is 11.2. The molecule has 18 heavy (non-hydrogen) atoms. The van der Waals surface area contributed by atoms with Crippen LogP contribution < -0.4 is 4.90 Å². The number of rotatable bonds is 2. The lowest BCUT2D eigenvalue weighted by Crippen LogP contribution is -2.42. The first-order chi connectivity index (χ1) is 8.63. The summed E-state index contributed by atoms with van der Waals surface area (Å²) in [6, 6.07) is 5.91. The van der Waals surface area contributed by atoms with Gasteiger partial charge in [-0.25, -0.2) is 0 Å². The van der Waals surface area contributed by atoms with Gasteiger partial charge in [0.2, 0.25) is 0 Å². The first kappa shape index (κ1) is 12.3. The summed E-state index contributed by atoms with van der Waals surface area (Å²) >= 11 is 6.21. The Morgan fingerprint density at radius 3 is 2.56 bits per heavy atom. The normalized spacial score (nSPS) is 28.5. The lowest BCUT2D eigenvalue weighted by atomic mass is 10.1. The van der Waals surface area contributed by atoms with Crippen LogP contribution in [0.2, 0.25) is 5.02 Å². The van der Waals surface area contributed by atoms with Crippen molar-refractivity contribution < 1.29 is 9.84 Å². The van der Waals surface area contributed by atoms with Gasteiger partial charge in [0.1, 0.15) is 0 Å². The van der Waals surface area contributed by atoms with Crippen molar-refractivity contribution in [2.45, 2.75) is 38.1 Å². The van der Waals surface area contributed by atoms with Gasteiger partial charge in [-0.15, -0.1) is 0 Å². The molecule has 1 aromatic carbocycles. The Kier molecular flexibility index (Phi) is 3.22. The number of morpholine rings is 1. The Hall–Kier alpha value is -0.770. The van der Waals surface area contributed by atoms with Crippen molar-refractivity contribution in [3.8, 4) is 0 Å². The maximum Gasteiger partial charge on any atom is 0.0776 e. The van der Waals surface area contributed by atoms with E-state index in [0.29, 0.717) is 17.2 Å². The summed E-state index contributed by atoms with van der Waals surface area (Å²) in [4.78, 5) is 2.34. The predicted octanol–water partition coefficient (Wildman–Crippen LogP) is 2.76. The Bertz CT molecular complexity index is 437. The summed E-state index contributed by atoms with van der Waals surface area (Å²) in [6.07, 6.45) is 2.56. The summed E-state index contributed by atoms with van der Waals surface area (Å²) in [5.74, 6) is 0. The summed E-state index contributed by atoms with van der Waals surface area (Å²) in [5, 5.41) is 10.2. The molecule has 2 aliphatic rings. The lowest BCUT2D eigenvalue weighted by molar-refractivity contribution is 0.0305. The van der Waals surface area contributed by atoms with Crippen molar-refractivity contribution in [2.75, 3.05) is 18.0 Å². The Balaban J connectivity index is 1.82. The van der Waals surface area contributed by atoms with E-state index in [1.807, 2.05) is 18.2 Å². The third-order valence-electron chi connectivity index (χ3n) is 3.84. The van der Waals surface area contributed by atoms with E-state index < -0.39 is 6.10 Å². The molecule has 4 heteroatoms. The van der Waals surface area contributed by atoms with E-state index in [0.717, 1.165) is 24.3 Å². The highest BCUT2D eigenvalue weighted by Crippen LogP contribution is 2.32. The molecule has 0 saturated carbocycles. The number of aliphatic hydroxyl groups is 1. The third kappa shape index (κ3) is 2.22. The van der Waals surface area contributed by atoms with Crippen molar-refractivity contribution >= 4 is 17.3 Å². The molecule has 0 aromatic heterocycles. The number of aliphatic hydroxyl groups excluding tert-OH is 1. The van der Waals surface area contributed by atoms with Gasteiger partial charge in [-0.2, -0.15) is 0 Å². The van der Waals surface area contributed by atoms with Gasteiger partial charge in [-0.3, -0.25) is 0 Å². The molecule has 2 heterocycles. The second kappa shape index (κ2) is 4.72. The Morgan fingerprint density at radius 1 is 1.33 bits per heavy atom. The van der Waals surface area contributed by atoms with E-state index in [2.05, 4.69) is 4.90 Å². The summed E-state index contributed by atoms with van der Waals surface area (Å²) in [7, 11) is 0. The molecule has 0 spiro atoms. The minimum absolute atomic E-state index is 0.374. The van der Waals surface area contributed by atoms with Crippen LogP contribution in [0.4, 0.5) is 5.69 Å². The van der Waals surface area contributed by atoms with Crippen LogP contribution in [0.15, 0.2) is 18.2 Å². The minimum atomic E-state index is -0.521. The Morgan fingerprint density at radius 2 is 2.00 bits per heavy atom. The van der Waals surface area contributed by atoms with Gasteiger partial charge in [0, 0.05) is 23.8 Å². The van der Waals surface area contributed by atoms with Gasteiger partial charge >= 0.3 is 0 Å². The molecule has 2 fully saturated rings. The average molecular weight is 268 g/mol. The standard InChI is InChI=1S/C14H18ClNO2/c1-9(17)13-5-2-10(6-14(13)15)16-7-11-3-4-12(8-16)18-11/h2,5-6,9,11-12,17H,3-4,7-8H2,1H3. The molecule has 98 valence electrons. The molecule has 2 aliphatic heterocycles. The molecule has 3 nitrogen and oxygen atoms in total. The van der Waals surface area contributed by atoms with Gasteiger partial charge in [-0.1, -0.05) is 17.7 Å². The summed E-state index contributed by atoms with van der Waals surface area (Å²) in [5.41, 5.74) is 1.92. The van der Waals surface area contributed by atoms with Gasteiger partial charge < -0.3 is 14.7 Å². The summed E-state index contributed by atoms with van der Waals surface area (Å²) in [6.45, 7) is 3.62. The molecule has 2 saturated heterocycles. The zero-order chi connectivity index (χ0) is 12.7. The molecule has 3 atom stereocenters. The van der Waals surface area contributed by atoms with Crippen LogP contribution in [0, 0.1) is 0 Å². The van der Waals surface area contributed by atoms with Gasteiger partial charge in [-0.05, 0) is 37.5 Å². The van der Waals surface area contributed by atoms with Crippen molar-refractivity contribution in [3.05, 3.63) is 28.8 Å². The minimum Gasteiger partial charge on any atom is -0.389 e. The number of hydrogen-bond acceptors (Lipinski definition) is 3. The van der Waals surface area contributed by atoms with E-state index in [1.54, 1.807) is 6.92 Å². The highest BCUT2D eigenvalue weighted by molar-refractivity contribution is 6.31. The van der Waals surface area contributed by atoms with Crippen LogP contribution >= 0.6 is 11.6 Å². The number of ether oxygens (including phenoxy) is 1. The fraction of sp³-hybridized carbons (Fsp3) is 0.571. The van der Waals surface area contributed by atoms with Crippen LogP contribution in [0.3, 0.4) is 0 Å². The first-order valence-electron chi connectivity index (χ1n) is 6.51. The lowest BCUT2D eigenvalue weighted by Gasteiger charge is -2.34. The molecule has 0 radical (unpaired) electrons. The van der Waals surface area contributed by atoms with Crippen LogP contribution in [0.5, 0.6) is 0 Å². The van der Waals surface area contributed by atoms with Crippen LogP contribution in [0.1, 0.15) is 31.4 Å². The van der Waals surface area contributed by atoms with Crippen LogP contribution in [-0.4, -0.2) is 30.4 Å². The quantitative estimate of drug-likeness (QED) is 0.894. The van der Waals surface area contributed by atoms with Crippen LogP contribution in [0.25, 0.3) is 0 Å². The van der Waals surface area contributed by atoms with E-state index >= 15 is 0 Å². The third-order valence-corrected chi connectivity index (χ3v) is 4.17. The highest BCUT2D eigenvalue weighted by Gasteiger charge is 2.33. The molecule has 3 rings (SSSR count). The van der Waals surface area contributed by atoms with Crippen molar-refractivity contribution in [2.24, 2.45) is 0 Å². The van der Waals surface area contributed by atoms with Crippen LogP contribution in [-0.2, 0) is 4.74 Å². The van der Waals surface area contributed by atoms with Gasteiger partial charge in [0.05, 0.1) is 18.3 Å². The smallest absolute Gasteiger partial charge is 0.0776 e.